The molecule has 0 bridgehead atoms. The highest BCUT2D eigenvalue weighted by Gasteiger charge is 1.95. The molecule has 1 heterocycles. The van der Waals surface area contributed by atoms with Crippen LogP contribution in [0.4, 0.5) is 0 Å². The topological polar surface area (TPSA) is 63.0 Å². The van der Waals surface area contributed by atoms with Gasteiger partial charge in [-0.3, -0.25) is 4.79 Å². The van der Waals surface area contributed by atoms with Gasteiger partial charge in [-0.15, -0.1) is 0 Å². The van der Waals surface area contributed by atoms with E-state index in [1.165, 1.54) is 13.3 Å². The third-order valence-electron chi connectivity index (χ3n) is 1.57. The van der Waals surface area contributed by atoms with Gasteiger partial charge in [-0.1, -0.05) is 5.92 Å². The first-order chi connectivity index (χ1) is 7.26. The Bertz CT molecular complexity index is 463. The predicted octanol–water partition coefficient (Wildman–Crippen LogP) is 0.868. The average Bonchev–Trinajstić information content (AvgIpc) is 2.29. The molecule has 4 heteroatoms. The molecule has 0 atom stereocenters. The maximum atomic E-state index is 10.7. The summed E-state index contributed by atoms with van der Waals surface area (Å²) in [6, 6.07) is 5.13. The number of carbonyl (C=O) groups excluding carboxylic acids is 1. The van der Waals surface area contributed by atoms with Gasteiger partial charge in [0, 0.05) is 6.20 Å². The van der Waals surface area contributed by atoms with E-state index in [-0.39, 0.29) is 12.4 Å². The molecule has 0 aromatic carbocycles. The molecule has 0 saturated carbocycles. The molecule has 0 N–H and O–H groups in total. The molecular weight excluding hydrogens is 192 g/mol. The molecule has 0 saturated heterocycles. The van der Waals surface area contributed by atoms with Crippen LogP contribution in [0.25, 0.3) is 0 Å². The number of carbonyl (C=O) groups is 1. The summed E-state index contributed by atoms with van der Waals surface area (Å²) in [5.41, 5.74) is 0.963. The van der Waals surface area contributed by atoms with E-state index in [4.69, 9.17) is 5.26 Å². The maximum absolute atomic E-state index is 10.7. The second-order valence-corrected chi connectivity index (χ2v) is 2.60. The fourth-order valence-electron chi connectivity index (χ4n) is 0.848. The number of ether oxygens (including phenoxy) is 1. The fraction of sp³-hybridized carbons (Fsp3) is 0.182. The molecule has 0 radical (unpaired) electrons. The van der Waals surface area contributed by atoms with E-state index in [1.807, 2.05) is 6.07 Å². The number of rotatable bonds is 1. The average molecular weight is 200 g/mol. The quantitative estimate of drug-likeness (QED) is 0.498. The van der Waals surface area contributed by atoms with Crippen LogP contribution in [0.2, 0.25) is 0 Å². The van der Waals surface area contributed by atoms with Crippen molar-refractivity contribution in [2.75, 3.05) is 7.11 Å². The molecule has 0 unspecified atom stereocenters. The summed E-state index contributed by atoms with van der Waals surface area (Å²) < 4.78 is 4.42. The minimum atomic E-state index is -0.390. The highest BCUT2D eigenvalue weighted by Crippen LogP contribution is 1.98. The third kappa shape index (κ3) is 3.50. The number of nitrogens with zero attached hydrogens (tertiary/aromatic N) is 2. The molecule has 0 aliphatic carbocycles. The van der Waals surface area contributed by atoms with Gasteiger partial charge in [0.1, 0.15) is 12.1 Å². The van der Waals surface area contributed by atoms with E-state index >= 15 is 0 Å². The van der Waals surface area contributed by atoms with E-state index in [1.54, 1.807) is 12.1 Å². The molecule has 1 aromatic heterocycles. The Morgan fingerprint density at radius 2 is 2.47 bits per heavy atom. The number of methoxy groups -OCH3 is 1. The molecule has 0 aliphatic heterocycles. The number of esters is 1. The number of nitriles is 1. The molecule has 0 amide bonds. The second-order valence-electron chi connectivity index (χ2n) is 2.60. The number of aromatic nitrogens is 1. The van der Waals surface area contributed by atoms with Crippen molar-refractivity contribution in [1.29, 1.82) is 5.26 Å². The lowest BCUT2D eigenvalue weighted by molar-refractivity contribution is -0.139. The first kappa shape index (κ1) is 10.7. The van der Waals surface area contributed by atoms with Gasteiger partial charge in [-0.05, 0) is 18.1 Å². The van der Waals surface area contributed by atoms with Crippen molar-refractivity contribution in [1.82, 2.24) is 4.98 Å². The molecule has 1 rings (SSSR count). The second kappa shape index (κ2) is 5.41. The van der Waals surface area contributed by atoms with Gasteiger partial charge >= 0.3 is 5.97 Å². The first-order valence-electron chi connectivity index (χ1n) is 4.18. The van der Waals surface area contributed by atoms with Crippen LogP contribution in [0, 0.1) is 23.2 Å². The Balaban J connectivity index is 2.72. The van der Waals surface area contributed by atoms with E-state index in [0.717, 1.165) is 0 Å². The van der Waals surface area contributed by atoms with Crippen molar-refractivity contribution in [2.45, 2.75) is 6.42 Å². The smallest absolute Gasteiger partial charge is 0.317 e. The number of hydrogen-bond donors (Lipinski definition) is 0. The summed E-state index contributed by atoms with van der Waals surface area (Å²) in [4.78, 5) is 14.7. The van der Waals surface area contributed by atoms with Crippen LogP contribution in [-0.2, 0) is 9.53 Å². The van der Waals surface area contributed by atoms with E-state index in [2.05, 4.69) is 21.6 Å². The largest absolute Gasteiger partial charge is 0.468 e. The molecule has 1 aromatic rings. The maximum Gasteiger partial charge on any atom is 0.317 e. The van der Waals surface area contributed by atoms with Gasteiger partial charge < -0.3 is 4.74 Å². The predicted molar refractivity (Wildman–Crippen MR) is 52.5 cm³/mol. The Labute approximate surface area is 87.5 Å². The van der Waals surface area contributed by atoms with Gasteiger partial charge in [0.15, 0.2) is 0 Å². The Morgan fingerprint density at radius 1 is 1.67 bits per heavy atom. The van der Waals surface area contributed by atoms with Crippen LogP contribution in [0.15, 0.2) is 18.3 Å². The molecule has 74 valence electrons. The Morgan fingerprint density at radius 3 is 3.13 bits per heavy atom. The minimum Gasteiger partial charge on any atom is -0.468 e. The zero-order valence-corrected chi connectivity index (χ0v) is 8.15. The monoisotopic (exact) mass is 200 g/mol. The summed E-state index contributed by atoms with van der Waals surface area (Å²) >= 11 is 0. The summed E-state index contributed by atoms with van der Waals surface area (Å²) in [5.74, 6) is 4.89. The highest BCUT2D eigenvalue weighted by molar-refractivity contribution is 5.72. The van der Waals surface area contributed by atoms with Crippen molar-refractivity contribution in [3.63, 3.8) is 0 Å². The van der Waals surface area contributed by atoms with Crippen molar-refractivity contribution in [3.8, 4) is 17.9 Å². The normalized spacial score (nSPS) is 8.27. The lowest BCUT2D eigenvalue weighted by Gasteiger charge is -1.90. The van der Waals surface area contributed by atoms with E-state index in [9.17, 15) is 4.79 Å². The highest BCUT2D eigenvalue weighted by atomic mass is 16.5. The van der Waals surface area contributed by atoms with Crippen LogP contribution in [0.5, 0.6) is 0 Å². The van der Waals surface area contributed by atoms with Crippen LogP contribution in [0.1, 0.15) is 17.7 Å². The van der Waals surface area contributed by atoms with Gasteiger partial charge in [0.05, 0.1) is 18.7 Å². The zero-order chi connectivity index (χ0) is 11.1. The standard InChI is InChI=1S/C11H8N2O2/c1-15-11(14)4-2-3-10-7-9(8-12)5-6-13-10/h5-7H,4H2,1H3. The van der Waals surface area contributed by atoms with Crippen LogP contribution < -0.4 is 0 Å². The van der Waals surface area contributed by atoms with Crippen molar-refractivity contribution < 1.29 is 9.53 Å². The summed E-state index contributed by atoms with van der Waals surface area (Å²) in [7, 11) is 1.30. The van der Waals surface area contributed by atoms with Crippen LogP contribution >= 0.6 is 0 Å². The van der Waals surface area contributed by atoms with E-state index in [0.29, 0.717) is 11.3 Å². The van der Waals surface area contributed by atoms with Crippen molar-refractivity contribution >= 4 is 5.97 Å². The summed E-state index contributed by atoms with van der Waals surface area (Å²) in [6.45, 7) is 0. The number of hydrogen-bond acceptors (Lipinski definition) is 4. The minimum absolute atomic E-state index is 0.0228. The summed E-state index contributed by atoms with van der Waals surface area (Å²) in [5, 5.41) is 8.61. The third-order valence-corrected chi connectivity index (χ3v) is 1.57. The van der Waals surface area contributed by atoms with Gasteiger partial charge in [-0.2, -0.15) is 5.26 Å². The zero-order valence-electron chi connectivity index (χ0n) is 8.15. The molecular formula is C11H8N2O2. The van der Waals surface area contributed by atoms with Crippen LogP contribution in [0.3, 0.4) is 0 Å². The summed E-state index contributed by atoms with van der Waals surface area (Å²) in [6.07, 6.45) is 1.52. The lowest BCUT2D eigenvalue weighted by Crippen LogP contribution is -1.97. The number of pyridine rings is 1. The Kier molecular flexibility index (Phi) is 3.88. The first-order valence-corrected chi connectivity index (χ1v) is 4.18. The van der Waals surface area contributed by atoms with Crippen molar-refractivity contribution in [3.05, 3.63) is 29.6 Å². The molecule has 15 heavy (non-hydrogen) atoms. The fourth-order valence-corrected chi connectivity index (χ4v) is 0.848. The van der Waals surface area contributed by atoms with Gasteiger partial charge in [0.25, 0.3) is 0 Å². The lowest BCUT2D eigenvalue weighted by atomic mass is 10.2. The molecule has 0 aliphatic rings. The molecule has 0 spiro atoms. The van der Waals surface area contributed by atoms with Gasteiger partial charge in [-0.25, -0.2) is 4.98 Å². The molecule has 0 fully saturated rings. The molecule has 4 nitrogen and oxygen atoms in total. The van der Waals surface area contributed by atoms with Crippen molar-refractivity contribution in [2.24, 2.45) is 0 Å². The SMILES string of the molecule is COC(=O)CC#Cc1cc(C#N)ccn1. The van der Waals surface area contributed by atoms with Crippen LogP contribution in [-0.4, -0.2) is 18.1 Å². The van der Waals surface area contributed by atoms with Gasteiger partial charge in [0.2, 0.25) is 0 Å². The Hall–Kier alpha value is -2.33. The van der Waals surface area contributed by atoms with E-state index < -0.39 is 0 Å².